The van der Waals surface area contributed by atoms with Crippen LogP contribution >= 0.6 is 33.0 Å². The molecule has 10 nitrogen and oxygen atoms in total. The van der Waals surface area contributed by atoms with Gasteiger partial charge in [0.05, 0.1) is 0 Å². The monoisotopic (exact) mass is 381 g/mol. The summed E-state index contributed by atoms with van der Waals surface area (Å²) in [5.41, 5.74) is 0. The van der Waals surface area contributed by atoms with Crippen molar-refractivity contribution in [3.8, 4) is 0 Å². The summed E-state index contributed by atoms with van der Waals surface area (Å²) < 4.78 is 43.3. The Morgan fingerprint density at radius 2 is 0.733 bits per heavy atom. The van der Waals surface area contributed by atoms with Gasteiger partial charge in [-0.2, -0.15) is 0 Å². The molecule has 0 aliphatic carbocycles. The van der Waals surface area contributed by atoms with E-state index in [4.69, 9.17) is 0 Å². The summed E-state index contributed by atoms with van der Waals surface area (Å²) in [5, 5.41) is 0. The van der Waals surface area contributed by atoms with Gasteiger partial charge in [-0.25, -0.2) is 0 Å². The first-order valence-electron chi connectivity index (χ1n) is 2.19. The summed E-state index contributed by atoms with van der Waals surface area (Å²) in [6.07, 6.45) is 0. The van der Waals surface area contributed by atoms with Crippen molar-refractivity contribution in [3.05, 3.63) is 0 Å². The molecule has 0 fully saturated rings. The van der Waals surface area contributed by atoms with Crippen molar-refractivity contribution >= 4 is 33.0 Å². The summed E-state index contributed by atoms with van der Waals surface area (Å²) in [7, 11) is -12.9. The summed E-state index contributed by atoms with van der Waals surface area (Å²) in [6.45, 7) is 0. The second kappa shape index (κ2) is 12.9. The Morgan fingerprint density at radius 3 is 0.733 bits per heavy atom. The molecule has 4 atom stereocenters. The zero-order valence-electron chi connectivity index (χ0n) is 6.25. The van der Waals surface area contributed by atoms with Crippen LogP contribution in [-0.4, -0.2) is 0 Å². The van der Waals surface area contributed by atoms with Crippen LogP contribution in [0.15, 0.2) is 0 Å². The molecule has 0 saturated carbocycles. The minimum Gasteiger partial charge on any atom is -0.563 e. The number of hydrogen-bond acceptors (Lipinski definition) is 10. The maximum atomic E-state index is 9.24. The van der Waals surface area contributed by atoms with Crippen LogP contribution in [0.2, 0.25) is 0 Å². The van der Waals surface area contributed by atoms with Gasteiger partial charge in [-0.05, 0) is 18.3 Å². The zero-order chi connectivity index (χ0) is 11.7. The Hall–Kier alpha value is 0.809. The first-order chi connectivity index (χ1) is 6.25. The third kappa shape index (κ3) is 31.3. The molecule has 83 valence electrons. The molecule has 0 amide bonds. The maximum Gasteiger partial charge on any atom is 4.00 e. The van der Waals surface area contributed by atoms with Gasteiger partial charge >= 0.3 is 53.1 Å². The average Bonchev–Trinajstić information content (AvgIpc) is 1.79. The fraction of sp³-hybridized carbons (Fsp3) is 0. The summed E-state index contributed by atoms with van der Waals surface area (Å²) in [4.78, 5) is 37.0. The second-order valence-corrected chi connectivity index (χ2v) is 4.15. The van der Waals surface area contributed by atoms with Gasteiger partial charge in [0.1, 0.15) is 8.62 Å². The maximum absolute atomic E-state index is 9.24. The topological polar surface area (TPSA) is 179 Å². The Bertz CT molecular complexity index is 196. The molecule has 0 spiro atoms. The van der Waals surface area contributed by atoms with Gasteiger partial charge in [0, 0.05) is 0 Å². The van der Waals surface area contributed by atoms with Crippen molar-refractivity contribution in [1.29, 1.82) is 0 Å². The smallest absolute Gasteiger partial charge is 0.563 e. The van der Waals surface area contributed by atoms with E-state index in [-0.39, 0.29) is 20.1 Å². The van der Waals surface area contributed by atoms with Crippen LogP contribution in [0.25, 0.3) is 0 Å². The van der Waals surface area contributed by atoms with E-state index in [0.29, 0.717) is 0 Å². The molecule has 0 N–H and O–H groups in total. The van der Waals surface area contributed by atoms with E-state index in [0.717, 1.165) is 0 Å². The molecule has 0 saturated heterocycles. The predicted molar refractivity (Wildman–Crippen MR) is 32.6 cm³/mol. The Balaban J connectivity index is -0.000000180. The largest absolute Gasteiger partial charge is 4.00 e. The van der Waals surface area contributed by atoms with Gasteiger partial charge in [0.25, 0.3) is 0 Å². The standard InChI is InChI=1S/2O5P2.Tc/c2*1-6(2)5-7(3)4;/q;;+4. The van der Waals surface area contributed by atoms with E-state index in [1.54, 1.807) is 0 Å². The van der Waals surface area contributed by atoms with Crippen LogP contribution in [-0.2, 0) is 47.0 Å². The molecule has 0 aliphatic rings. The summed E-state index contributed by atoms with van der Waals surface area (Å²) >= 11 is 0. The van der Waals surface area contributed by atoms with Crippen LogP contribution in [0.3, 0.4) is 0 Å². The molecule has 4 unspecified atom stereocenters. The SMILES string of the molecule is O=[P+]([O-])O[P+](=O)[O-].O=[P+]([O-])O[P+](=O)[O-].[Tc+4]. The fourth-order valence-electron chi connectivity index (χ4n) is 0.109. The summed E-state index contributed by atoms with van der Waals surface area (Å²) in [6, 6.07) is 0. The van der Waals surface area contributed by atoms with E-state index in [1.807, 2.05) is 0 Å². The molecule has 0 aliphatic heterocycles. The van der Waals surface area contributed by atoms with E-state index in [9.17, 15) is 37.8 Å². The molecule has 0 heterocycles. The molecular formula is O10P4Tc+4. The van der Waals surface area contributed by atoms with Crippen LogP contribution in [0.5, 0.6) is 0 Å². The van der Waals surface area contributed by atoms with Gasteiger partial charge in [0.15, 0.2) is 0 Å². The first kappa shape index (κ1) is 21.1. The van der Waals surface area contributed by atoms with Gasteiger partial charge in [-0.15, -0.1) is 0 Å². The normalized spacial score (nSPS) is 12.5. The van der Waals surface area contributed by atoms with E-state index in [1.165, 1.54) is 0 Å². The Morgan fingerprint density at radius 1 is 0.600 bits per heavy atom. The number of rotatable bonds is 4. The number of hydrogen-bond donors (Lipinski definition) is 0. The van der Waals surface area contributed by atoms with Crippen molar-refractivity contribution in [2.75, 3.05) is 0 Å². The van der Waals surface area contributed by atoms with Crippen molar-refractivity contribution in [2.45, 2.75) is 0 Å². The van der Waals surface area contributed by atoms with Crippen LogP contribution in [0, 0.1) is 0 Å². The first-order valence-corrected chi connectivity index (χ1v) is 6.57. The molecule has 0 aromatic heterocycles. The molecule has 0 aromatic rings. The molecule has 0 aromatic carbocycles. The van der Waals surface area contributed by atoms with Crippen molar-refractivity contribution in [2.24, 2.45) is 0 Å². The third-order valence-electron chi connectivity index (χ3n) is 0.267. The van der Waals surface area contributed by atoms with E-state index < -0.39 is 33.0 Å². The fourth-order valence-corrected chi connectivity index (χ4v) is 0.980. The average molecular weight is 382 g/mol. The summed E-state index contributed by atoms with van der Waals surface area (Å²) in [5.74, 6) is 0. The predicted octanol–water partition coefficient (Wildman–Crippen LogP) is -1.93. The minimum absolute atomic E-state index is 0. The molecule has 15 heavy (non-hydrogen) atoms. The quantitative estimate of drug-likeness (QED) is 0.497. The third-order valence-corrected chi connectivity index (χ3v) is 2.40. The zero-order valence-corrected chi connectivity index (χ0v) is 11.7. The second-order valence-electron chi connectivity index (χ2n) is 1.06. The van der Waals surface area contributed by atoms with Crippen molar-refractivity contribution < 1.29 is 66.6 Å². The van der Waals surface area contributed by atoms with E-state index >= 15 is 0 Å². The Labute approximate surface area is 99.8 Å². The van der Waals surface area contributed by atoms with Crippen LogP contribution in [0.1, 0.15) is 0 Å². The van der Waals surface area contributed by atoms with Gasteiger partial charge in [-0.1, -0.05) is 0 Å². The minimum atomic E-state index is -3.24. The van der Waals surface area contributed by atoms with E-state index in [2.05, 4.69) is 8.62 Å². The molecule has 1 radical (unpaired) electrons. The molecular weight excluding hydrogens is 382 g/mol. The van der Waals surface area contributed by atoms with Crippen LogP contribution in [0.4, 0.5) is 0 Å². The van der Waals surface area contributed by atoms with Crippen molar-refractivity contribution in [3.63, 3.8) is 0 Å². The van der Waals surface area contributed by atoms with Gasteiger partial charge in [-0.3, -0.25) is 0 Å². The molecule has 0 rings (SSSR count). The van der Waals surface area contributed by atoms with Gasteiger partial charge < -0.3 is 19.6 Å². The van der Waals surface area contributed by atoms with Gasteiger partial charge in [0.2, 0.25) is 0 Å². The molecule has 15 heteroatoms. The van der Waals surface area contributed by atoms with Crippen molar-refractivity contribution in [1.82, 2.24) is 0 Å². The molecule has 0 bridgehead atoms. The Kier molecular flexibility index (Phi) is 18.1. The van der Waals surface area contributed by atoms with Crippen LogP contribution < -0.4 is 19.6 Å².